The van der Waals surface area contributed by atoms with Gasteiger partial charge in [0.05, 0.1) is 44.8 Å². The van der Waals surface area contributed by atoms with Crippen LogP contribution in [0.2, 0.25) is 0 Å². The van der Waals surface area contributed by atoms with Gasteiger partial charge in [0.15, 0.2) is 0 Å². The normalized spacial score (nSPS) is 22.9. The molecule has 492 valence electrons. The van der Waals surface area contributed by atoms with Crippen LogP contribution >= 0.6 is 0 Å². The molecule has 2 amide bonds. The van der Waals surface area contributed by atoms with Crippen LogP contribution in [0.15, 0.2) is 121 Å². The highest BCUT2D eigenvalue weighted by Gasteiger charge is 2.55. The molecule has 0 aromatic heterocycles. The van der Waals surface area contributed by atoms with Crippen LogP contribution in [0.25, 0.3) is 22.3 Å². The lowest BCUT2D eigenvalue weighted by Gasteiger charge is -2.32. The number of allylic oxidation sites excluding steroid dienone is 2. The fourth-order valence-corrected chi connectivity index (χ4v) is 12.0. The molecule has 0 radical (unpaired) electrons. The topological polar surface area (TPSA) is 147 Å². The van der Waals surface area contributed by atoms with E-state index in [1.807, 2.05) is 51.7 Å². The van der Waals surface area contributed by atoms with E-state index in [0.717, 1.165) is 66.3 Å². The van der Waals surface area contributed by atoms with Gasteiger partial charge in [-0.1, -0.05) is 128 Å². The van der Waals surface area contributed by atoms with Gasteiger partial charge >= 0.3 is 28.5 Å². The smallest absolute Gasteiger partial charge is 0.399 e. The minimum absolute atomic E-state index is 0.216. The molecule has 0 unspecified atom stereocenters. The summed E-state index contributed by atoms with van der Waals surface area (Å²) in [6, 6.07) is 34.0. The molecule has 7 heterocycles. The van der Waals surface area contributed by atoms with Crippen molar-refractivity contribution in [2.75, 3.05) is 45.9 Å². The summed E-state index contributed by atoms with van der Waals surface area (Å²) in [5, 5.41) is 12.3. The summed E-state index contributed by atoms with van der Waals surface area (Å²) in [6.45, 7) is 39.4. The standard InChI is InChI=1S/C20H28BNO3.C19H26BNO4.C18H25BO2.C17H24BNO2/c1-6-18(23)22-13-11-16(12-14-22)15-7-9-17(10-8-15)21-24-19(2,3)20(4,5)25-21;1-18(2)19(3,4)25-20(24-18)16-7-5-14(6-8-16)15-9-11-21(12-10-15)17(23)13-22;1-17(2)18(3,4)21-19(20-17)16-12-10-15(11-13-16)14-8-6-5-7-9-14;1-16(2)17(3,4)21-18(20-16)15-7-5-13(6-8-15)14-9-11-19-12-10-14/h7-11H,6,12-14H2,1-5H3;5-9,22H,10-13H2,1-4H3;8,10-13H,5-7,9H2,1-4H3;5-9,19H,10-12H2,1-4H3. The Balaban J connectivity index is 0.000000145. The maximum Gasteiger partial charge on any atom is 0.494 e. The van der Waals surface area contributed by atoms with Crippen molar-refractivity contribution in [1.29, 1.82) is 0 Å². The second kappa shape index (κ2) is 28.5. The number of hydrogen-bond donors (Lipinski definition) is 2. The highest BCUT2D eigenvalue weighted by Crippen LogP contribution is 2.40. The number of benzene rings is 4. The van der Waals surface area contributed by atoms with Crippen LogP contribution in [0, 0.1) is 0 Å². The fourth-order valence-electron chi connectivity index (χ4n) is 12.0. The SMILES string of the molecule is CC1(C)OB(c2ccc(C3=CCCCC3)cc2)OC1(C)C.CC1(C)OB(c2ccc(C3=CCN(C(=O)CO)CC3)cc2)OC1(C)C.CC1(C)OB(c2ccc(C3=CCNCC3)cc2)OC1(C)C.CCC(=O)N1CC=C(c2ccc(B3OC(C)(C)C(C)(C)O3)cc2)CC1. The van der Waals surface area contributed by atoms with E-state index >= 15 is 0 Å². The van der Waals surface area contributed by atoms with Crippen molar-refractivity contribution in [3.05, 3.63) is 144 Å². The molecule has 8 aliphatic rings. The number of carbonyl (C=O) groups is 2. The van der Waals surface area contributed by atoms with Crippen molar-refractivity contribution in [2.45, 2.75) is 214 Å². The van der Waals surface area contributed by atoms with E-state index < -0.39 is 6.61 Å². The van der Waals surface area contributed by atoms with Gasteiger partial charge in [-0.2, -0.15) is 0 Å². The van der Waals surface area contributed by atoms with Gasteiger partial charge in [-0.15, -0.1) is 0 Å². The maximum absolute atomic E-state index is 11.8. The molecule has 18 heteroatoms. The Labute approximate surface area is 552 Å². The van der Waals surface area contributed by atoms with Crippen LogP contribution in [0.1, 0.15) is 191 Å². The minimum Gasteiger partial charge on any atom is -0.399 e. The number of nitrogens with zero attached hydrogens (tertiary/aromatic N) is 2. The maximum atomic E-state index is 11.8. The van der Waals surface area contributed by atoms with Crippen molar-refractivity contribution in [2.24, 2.45) is 0 Å². The summed E-state index contributed by atoms with van der Waals surface area (Å²) in [5.74, 6) is 0.0119. The molecule has 4 aromatic rings. The number of hydrogen-bond acceptors (Lipinski definition) is 12. The third kappa shape index (κ3) is 16.3. The molecular weight excluding hydrogens is 1150 g/mol. The lowest BCUT2D eigenvalue weighted by atomic mass is 9.78. The Morgan fingerprint density at radius 2 is 0.696 bits per heavy atom. The van der Waals surface area contributed by atoms with Gasteiger partial charge in [-0.05, 0) is 229 Å². The molecule has 0 spiro atoms. The second-order valence-electron chi connectivity index (χ2n) is 29.6. The molecular formula is C74H103B4N3O11. The number of aliphatic hydroxyl groups excluding tert-OH is 1. The Bertz CT molecular complexity index is 3050. The van der Waals surface area contributed by atoms with Crippen LogP contribution in [-0.4, -0.2) is 146 Å². The summed E-state index contributed by atoms with van der Waals surface area (Å²) in [5.41, 5.74) is 12.3. The zero-order valence-electron chi connectivity index (χ0n) is 58.4. The zero-order valence-corrected chi connectivity index (χ0v) is 58.4. The molecule has 12 rings (SSSR count). The van der Waals surface area contributed by atoms with E-state index in [4.69, 9.17) is 42.3 Å². The summed E-state index contributed by atoms with van der Waals surface area (Å²) in [6.07, 6.45) is 17.3. The Hall–Kier alpha value is -5.36. The molecule has 2 N–H and O–H groups in total. The first-order chi connectivity index (χ1) is 43.2. The van der Waals surface area contributed by atoms with Crippen LogP contribution in [0.4, 0.5) is 0 Å². The molecule has 14 nitrogen and oxygen atoms in total. The van der Waals surface area contributed by atoms with Crippen molar-refractivity contribution >= 4 is 84.4 Å². The molecule has 4 fully saturated rings. The summed E-state index contributed by atoms with van der Waals surface area (Å²) < 4.78 is 48.8. The quantitative estimate of drug-likeness (QED) is 0.146. The predicted molar refractivity (Wildman–Crippen MR) is 376 cm³/mol. The van der Waals surface area contributed by atoms with Gasteiger partial charge in [0.2, 0.25) is 11.8 Å². The summed E-state index contributed by atoms with van der Waals surface area (Å²) in [4.78, 5) is 26.9. The fraction of sp³-hybridized carbons (Fsp3) is 0.541. The third-order valence-corrected chi connectivity index (χ3v) is 21.1. The summed E-state index contributed by atoms with van der Waals surface area (Å²) in [7, 11) is -1.20. The first-order valence-corrected chi connectivity index (χ1v) is 33.7. The van der Waals surface area contributed by atoms with Crippen molar-refractivity contribution < 1.29 is 51.9 Å². The van der Waals surface area contributed by atoms with E-state index in [2.05, 4.69) is 198 Å². The van der Waals surface area contributed by atoms with Crippen molar-refractivity contribution in [3.8, 4) is 0 Å². The Morgan fingerprint density at radius 3 is 0.935 bits per heavy atom. The molecule has 4 saturated heterocycles. The van der Waals surface area contributed by atoms with Crippen LogP contribution < -0.4 is 27.2 Å². The first kappa shape index (κ1) is 70.9. The highest BCUT2D eigenvalue weighted by molar-refractivity contribution is 6.63. The lowest BCUT2D eigenvalue weighted by Crippen LogP contribution is -2.41. The lowest BCUT2D eigenvalue weighted by molar-refractivity contribution is -0.133. The van der Waals surface area contributed by atoms with Crippen molar-refractivity contribution in [3.63, 3.8) is 0 Å². The molecule has 7 aliphatic heterocycles. The van der Waals surface area contributed by atoms with E-state index in [1.54, 1.807) is 4.90 Å². The monoisotopic (exact) mass is 1250 g/mol. The molecule has 0 bridgehead atoms. The minimum atomic E-state index is -0.425. The Kier molecular flexibility index (Phi) is 22.0. The Morgan fingerprint density at radius 1 is 0.402 bits per heavy atom. The molecule has 0 saturated carbocycles. The molecule has 0 atom stereocenters. The molecule has 4 aromatic carbocycles. The van der Waals surface area contributed by atoms with Crippen LogP contribution in [-0.2, 0) is 46.8 Å². The van der Waals surface area contributed by atoms with Gasteiger partial charge < -0.3 is 57.5 Å². The van der Waals surface area contributed by atoms with Gasteiger partial charge in [-0.3, -0.25) is 9.59 Å². The molecule has 1 aliphatic carbocycles. The average Bonchev–Trinajstić information content (AvgIpc) is 1.66. The highest BCUT2D eigenvalue weighted by atomic mass is 16.7. The van der Waals surface area contributed by atoms with Crippen LogP contribution in [0.5, 0.6) is 0 Å². The van der Waals surface area contributed by atoms with E-state index in [0.29, 0.717) is 26.1 Å². The third-order valence-electron chi connectivity index (χ3n) is 21.1. The second-order valence-corrected chi connectivity index (χ2v) is 29.6. The van der Waals surface area contributed by atoms with Gasteiger partial charge in [0, 0.05) is 39.1 Å². The largest absolute Gasteiger partial charge is 0.494 e. The van der Waals surface area contributed by atoms with Gasteiger partial charge in [0.1, 0.15) is 6.61 Å². The van der Waals surface area contributed by atoms with Gasteiger partial charge in [0.25, 0.3) is 0 Å². The number of rotatable bonds is 10. The number of nitrogens with one attached hydrogen (secondary N) is 1. The number of amides is 2. The number of aliphatic hydroxyl groups is 1. The number of carbonyl (C=O) groups excluding carboxylic acids is 2. The zero-order chi connectivity index (χ0) is 66.7. The average molecular weight is 1250 g/mol. The summed E-state index contributed by atoms with van der Waals surface area (Å²) >= 11 is 0. The van der Waals surface area contributed by atoms with Gasteiger partial charge in [-0.25, -0.2) is 0 Å². The van der Waals surface area contributed by atoms with E-state index in [-0.39, 0.29) is 85.1 Å². The molecule has 92 heavy (non-hydrogen) atoms. The first-order valence-electron chi connectivity index (χ1n) is 33.7. The van der Waals surface area contributed by atoms with E-state index in [1.165, 1.54) is 64.7 Å². The van der Waals surface area contributed by atoms with Crippen LogP contribution in [0.3, 0.4) is 0 Å². The predicted octanol–water partition coefficient (Wildman–Crippen LogP) is 10.9. The van der Waals surface area contributed by atoms with E-state index in [9.17, 15) is 9.59 Å². The van der Waals surface area contributed by atoms with Crippen molar-refractivity contribution in [1.82, 2.24) is 15.1 Å².